The zero-order valence-corrected chi connectivity index (χ0v) is 13.1. The van der Waals surface area contributed by atoms with Gasteiger partial charge in [-0.3, -0.25) is 4.90 Å². The third kappa shape index (κ3) is 2.40. The van der Waals surface area contributed by atoms with Crippen LogP contribution in [-0.4, -0.2) is 30.1 Å². The summed E-state index contributed by atoms with van der Waals surface area (Å²) in [6.45, 7) is 9.36. The van der Waals surface area contributed by atoms with E-state index < -0.39 is 0 Å². The summed E-state index contributed by atoms with van der Waals surface area (Å²) < 4.78 is 0. The quantitative estimate of drug-likeness (QED) is 0.902. The van der Waals surface area contributed by atoms with Crippen molar-refractivity contribution in [2.75, 3.05) is 13.1 Å². The van der Waals surface area contributed by atoms with Gasteiger partial charge in [0, 0.05) is 18.1 Å². The SMILES string of the molecule is CCNC1c2ccccc2C(C)CC1N1CCCC1C. The van der Waals surface area contributed by atoms with E-state index in [-0.39, 0.29) is 0 Å². The molecular weight excluding hydrogens is 244 g/mol. The van der Waals surface area contributed by atoms with Crippen LogP contribution in [0.5, 0.6) is 0 Å². The molecule has 1 heterocycles. The fourth-order valence-corrected chi connectivity index (χ4v) is 4.32. The van der Waals surface area contributed by atoms with Gasteiger partial charge in [0.15, 0.2) is 0 Å². The first-order chi connectivity index (χ1) is 9.72. The predicted octanol–water partition coefficient (Wildman–Crippen LogP) is 3.70. The molecular formula is C18H28N2. The van der Waals surface area contributed by atoms with Crippen LogP contribution in [-0.2, 0) is 0 Å². The first-order valence-electron chi connectivity index (χ1n) is 8.30. The minimum atomic E-state index is 0.507. The van der Waals surface area contributed by atoms with Crippen molar-refractivity contribution in [3.8, 4) is 0 Å². The fourth-order valence-electron chi connectivity index (χ4n) is 4.32. The highest BCUT2D eigenvalue weighted by atomic mass is 15.2. The van der Waals surface area contributed by atoms with E-state index in [0.717, 1.165) is 12.6 Å². The summed E-state index contributed by atoms with van der Waals surface area (Å²) in [4.78, 5) is 2.76. The van der Waals surface area contributed by atoms with Crippen LogP contribution < -0.4 is 5.32 Å². The second-order valence-corrected chi connectivity index (χ2v) is 6.60. The Bertz CT molecular complexity index is 456. The molecule has 1 saturated heterocycles. The summed E-state index contributed by atoms with van der Waals surface area (Å²) in [5.41, 5.74) is 3.10. The number of benzene rings is 1. The van der Waals surface area contributed by atoms with Gasteiger partial charge < -0.3 is 5.32 Å². The molecule has 1 aliphatic heterocycles. The van der Waals surface area contributed by atoms with Crippen molar-refractivity contribution in [3.63, 3.8) is 0 Å². The normalized spacial score (nSPS) is 34.1. The zero-order chi connectivity index (χ0) is 14.1. The number of fused-ring (bicyclic) bond motifs is 1. The second-order valence-electron chi connectivity index (χ2n) is 6.60. The lowest BCUT2D eigenvalue weighted by Gasteiger charge is -2.43. The third-order valence-corrected chi connectivity index (χ3v) is 5.30. The number of rotatable bonds is 3. The van der Waals surface area contributed by atoms with E-state index in [1.165, 1.54) is 31.4 Å². The van der Waals surface area contributed by atoms with Crippen LogP contribution in [0.4, 0.5) is 0 Å². The summed E-state index contributed by atoms with van der Waals surface area (Å²) in [7, 11) is 0. The largest absolute Gasteiger partial charge is 0.309 e. The lowest BCUT2D eigenvalue weighted by atomic mass is 9.77. The Hall–Kier alpha value is -0.860. The van der Waals surface area contributed by atoms with E-state index in [4.69, 9.17) is 0 Å². The monoisotopic (exact) mass is 272 g/mol. The molecule has 0 saturated carbocycles. The summed E-state index contributed by atoms with van der Waals surface area (Å²) >= 11 is 0. The van der Waals surface area contributed by atoms with Crippen molar-refractivity contribution in [2.24, 2.45) is 0 Å². The average molecular weight is 272 g/mol. The summed E-state index contributed by atoms with van der Waals surface area (Å²) in [5.74, 6) is 0.680. The van der Waals surface area contributed by atoms with Crippen LogP contribution in [0.1, 0.15) is 63.1 Å². The fraction of sp³-hybridized carbons (Fsp3) is 0.667. The zero-order valence-electron chi connectivity index (χ0n) is 13.1. The molecule has 0 radical (unpaired) electrons. The number of hydrogen-bond donors (Lipinski definition) is 1. The molecule has 2 nitrogen and oxygen atoms in total. The second kappa shape index (κ2) is 5.87. The van der Waals surface area contributed by atoms with Crippen molar-refractivity contribution in [3.05, 3.63) is 35.4 Å². The molecule has 0 amide bonds. The number of nitrogens with one attached hydrogen (secondary N) is 1. The molecule has 0 aromatic heterocycles. The van der Waals surface area contributed by atoms with Gasteiger partial charge in [0.2, 0.25) is 0 Å². The van der Waals surface area contributed by atoms with Gasteiger partial charge in [-0.05, 0) is 56.3 Å². The van der Waals surface area contributed by atoms with E-state index in [1.807, 2.05) is 0 Å². The van der Waals surface area contributed by atoms with Crippen LogP contribution >= 0.6 is 0 Å². The lowest BCUT2D eigenvalue weighted by molar-refractivity contribution is 0.128. The van der Waals surface area contributed by atoms with Gasteiger partial charge >= 0.3 is 0 Å². The van der Waals surface area contributed by atoms with Crippen LogP contribution in [0.3, 0.4) is 0 Å². The molecule has 4 unspecified atom stereocenters. The van der Waals surface area contributed by atoms with E-state index in [0.29, 0.717) is 18.0 Å². The Morgan fingerprint density at radius 3 is 2.60 bits per heavy atom. The minimum Gasteiger partial charge on any atom is -0.309 e. The predicted molar refractivity (Wildman–Crippen MR) is 85.1 cm³/mol. The highest BCUT2D eigenvalue weighted by molar-refractivity contribution is 5.37. The van der Waals surface area contributed by atoms with Crippen LogP contribution in [0.2, 0.25) is 0 Å². The maximum Gasteiger partial charge on any atom is 0.0481 e. The van der Waals surface area contributed by atoms with Crippen molar-refractivity contribution in [1.29, 1.82) is 0 Å². The van der Waals surface area contributed by atoms with Gasteiger partial charge in [-0.1, -0.05) is 38.1 Å². The topological polar surface area (TPSA) is 15.3 Å². The maximum absolute atomic E-state index is 3.77. The van der Waals surface area contributed by atoms with Crippen molar-refractivity contribution in [2.45, 2.75) is 64.1 Å². The summed E-state index contributed by atoms with van der Waals surface area (Å²) in [5, 5.41) is 3.77. The average Bonchev–Trinajstić information content (AvgIpc) is 2.88. The summed E-state index contributed by atoms with van der Waals surface area (Å²) in [6.07, 6.45) is 4.02. The Morgan fingerprint density at radius 1 is 1.20 bits per heavy atom. The summed E-state index contributed by atoms with van der Waals surface area (Å²) in [6, 6.07) is 11.0. The van der Waals surface area contributed by atoms with Gasteiger partial charge in [0.05, 0.1) is 0 Å². The molecule has 0 spiro atoms. The number of likely N-dealkylation sites (N-methyl/N-ethyl adjacent to an activating group) is 1. The maximum atomic E-state index is 3.77. The third-order valence-electron chi connectivity index (χ3n) is 5.30. The van der Waals surface area contributed by atoms with Gasteiger partial charge in [-0.15, -0.1) is 0 Å². The first-order valence-corrected chi connectivity index (χ1v) is 8.30. The number of hydrogen-bond acceptors (Lipinski definition) is 2. The molecule has 1 N–H and O–H groups in total. The van der Waals surface area contributed by atoms with Gasteiger partial charge in [0.25, 0.3) is 0 Å². The standard InChI is InChI=1S/C18H28N2/c1-4-19-18-16-10-6-5-9-15(16)13(2)12-17(18)20-11-7-8-14(20)3/h5-6,9-10,13-14,17-19H,4,7-8,11-12H2,1-3H3. The van der Waals surface area contributed by atoms with E-state index >= 15 is 0 Å². The van der Waals surface area contributed by atoms with Crippen LogP contribution in [0, 0.1) is 0 Å². The Morgan fingerprint density at radius 2 is 1.95 bits per heavy atom. The first kappa shape index (κ1) is 14.1. The molecule has 2 aliphatic rings. The molecule has 1 aliphatic carbocycles. The van der Waals surface area contributed by atoms with Crippen LogP contribution in [0.15, 0.2) is 24.3 Å². The highest BCUT2D eigenvalue weighted by Gasteiger charge is 2.38. The highest BCUT2D eigenvalue weighted by Crippen LogP contribution is 2.41. The molecule has 20 heavy (non-hydrogen) atoms. The van der Waals surface area contributed by atoms with Crippen LogP contribution in [0.25, 0.3) is 0 Å². The van der Waals surface area contributed by atoms with Crippen molar-refractivity contribution >= 4 is 0 Å². The van der Waals surface area contributed by atoms with Gasteiger partial charge in [0.1, 0.15) is 0 Å². The van der Waals surface area contributed by atoms with E-state index in [9.17, 15) is 0 Å². The molecule has 4 atom stereocenters. The van der Waals surface area contributed by atoms with Crippen molar-refractivity contribution in [1.82, 2.24) is 10.2 Å². The van der Waals surface area contributed by atoms with E-state index in [1.54, 1.807) is 5.56 Å². The number of nitrogens with zero attached hydrogens (tertiary/aromatic N) is 1. The van der Waals surface area contributed by atoms with Gasteiger partial charge in [-0.2, -0.15) is 0 Å². The molecule has 0 bridgehead atoms. The molecule has 2 heteroatoms. The molecule has 1 aromatic carbocycles. The Labute approximate surface area is 123 Å². The van der Waals surface area contributed by atoms with E-state index in [2.05, 4.69) is 55.3 Å². The smallest absolute Gasteiger partial charge is 0.0481 e. The molecule has 1 fully saturated rings. The molecule has 110 valence electrons. The van der Waals surface area contributed by atoms with Gasteiger partial charge in [-0.25, -0.2) is 0 Å². The van der Waals surface area contributed by atoms with Crippen molar-refractivity contribution < 1.29 is 0 Å². The Kier molecular flexibility index (Phi) is 4.13. The number of likely N-dealkylation sites (tertiary alicyclic amines) is 1. The Balaban J connectivity index is 1.95. The molecule has 3 rings (SSSR count). The lowest BCUT2D eigenvalue weighted by Crippen LogP contribution is -2.49. The molecule has 1 aromatic rings. The minimum absolute atomic E-state index is 0.507.